The molecule has 2 rings (SSSR count). The van der Waals surface area contributed by atoms with Gasteiger partial charge in [0.05, 0.1) is 6.61 Å². The highest BCUT2D eigenvalue weighted by molar-refractivity contribution is 5.82. The number of aromatic nitrogens is 1. The van der Waals surface area contributed by atoms with Gasteiger partial charge in [-0.25, -0.2) is 4.39 Å². The number of hydrogen-bond acceptors (Lipinski definition) is 1. The minimum Gasteiger partial charge on any atom is -0.491 e. The first-order valence-electron chi connectivity index (χ1n) is 4.63. The van der Waals surface area contributed by atoms with E-state index < -0.39 is 0 Å². The minimum absolute atomic E-state index is 0.284. The van der Waals surface area contributed by atoms with Gasteiger partial charge in [0.15, 0.2) is 11.6 Å². The van der Waals surface area contributed by atoms with E-state index in [9.17, 15) is 4.39 Å². The van der Waals surface area contributed by atoms with E-state index in [0.29, 0.717) is 17.7 Å². The molecule has 2 aromatic rings. The third-order valence-electron chi connectivity index (χ3n) is 2.14. The Balaban J connectivity index is 2.61. The van der Waals surface area contributed by atoms with Crippen LogP contribution in [0.3, 0.4) is 0 Å². The van der Waals surface area contributed by atoms with Crippen molar-refractivity contribution in [1.29, 1.82) is 0 Å². The van der Waals surface area contributed by atoms with Crippen molar-refractivity contribution in [2.24, 2.45) is 0 Å². The number of nitrogens with one attached hydrogen (secondary N) is 1. The lowest BCUT2D eigenvalue weighted by Crippen LogP contribution is -1.94. The second-order valence-corrected chi connectivity index (χ2v) is 3.22. The maximum absolute atomic E-state index is 13.7. The number of benzene rings is 1. The van der Waals surface area contributed by atoms with Gasteiger partial charge in [0.2, 0.25) is 0 Å². The van der Waals surface area contributed by atoms with Crippen molar-refractivity contribution < 1.29 is 9.13 Å². The van der Waals surface area contributed by atoms with Crippen LogP contribution in [0.15, 0.2) is 18.2 Å². The third-order valence-corrected chi connectivity index (χ3v) is 2.14. The molecule has 0 saturated carbocycles. The van der Waals surface area contributed by atoms with Crippen LogP contribution in [0, 0.1) is 12.7 Å². The number of aryl methyl sites for hydroxylation is 1. The number of ether oxygens (including phenoxy) is 1. The van der Waals surface area contributed by atoms with Gasteiger partial charge in [0.25, 0.3) is 0 Å². The Hall–Kier alpha value is -1.51. The van der Waals surface area contributed by atoms with Gasteiger partial charge in [-0.05, 0) is 32.0 Å². The third kappa shape index (κ3) is 1.35. The molecule has 1 aromatic heterocycles. The highest BCUT2D eigenvalue weighted by atomic mass is 19.1. The van der Waals surface area contributed by atoms with E-state index in [-0.39, 0.29) is 5.82 Å². The molecule has 1 heterocycles. The van der Waals surface area contributed by atoms with Crippen molar-refractivity contribution in [2.75, 3.05) is 6.61 Å². The Labute approximate surface area is 81.7 Å². The fourth-order valence-corrected chi connectivity index (χ4v) is 1.56. The Morgan fingerprint density at radius 3 is 2.93 bits per heavy atom. The molecule has 0 unspecified atom stereocenters. The topological polar surface area (TPSA) is 25.0 Å². The fraction of sp³-hybridized carbons (Fsp3) is 0.273. The minimum atomic E-state index is -0.284. The normalized spacial score (nSPS) is 10.8. The highest BCUT2D eigenvalue weighted by Gasteiger charge is 2.09. The first-order valence-corrected chi connectivity index (χ1v) is 4.63. The molecule has 0 amide bonds. The van der Waals surface area contributed by atoms with Crippen molar-refractivity contribution in [3.63, 3.8) is 0 Å². The molecule has 14 heavy (non-hydrogen) atoms. The van der Waals surface area contributed by atoms with Crippen LogP contribution < -0.4 is 4.74 Å². The van der Waals surface area contributed by atoms with E-state index in [1.54, 1.807) is 12.1 Å². The molecule has 74 valence electrons. The Morgan fingerprint density at radius 1 is 1.43 bits per heavy atom. The molecule has 0 aliphatic rings. The van der Waals surface area contributed by atoms with Crippen LogP contribution in [0.4, 0.5) is 4.39 Å². The van der Waals surface area contributed by atoms with Crippen LogP contribution in [0.1, 0.15) is 12.6 Å². The Morgan fingerprint density at radius 2 is 2.21 bits per heavy atom. The molecular formula is C11H12FNO. The number of halogens is 1. The molecule has 0 aliphatic heterocycles. The van der Waals surface area contributed by atoms with Crippen LogP contribution in [-0.4, -0.2) is 11.6 Å². The van der Waals surface area contributed by atoms with Crippen molar-refractivity contribution >= 4 is 10.9 Å². The number of hydrogen-bond donors (Lipinski definition) is 1. The van der Waals surface area contributed by atoms with Gasteiger partial charge in [0.1, 0.15) is 0 Å². The molecule has 0 spiro atoms. The second kappa shape index (κ2) is 3.33. The van der Waals surface area contributed by atoms with E-state index in [1.165, 1.54) is 0 Å². The summed E-state index contributed by atoms with van der Waals surface area (Å²) in [5.74, 6) is 0.0349. The SMILES string of the molecule is CCOc1ccc2[nH]c(C)cc2c1F. The number of aromatic amines is 1. The molecule has 0 aliphatic carbocycles. The maximum atomic E-state index is 13.7. The van der Waals surface area contributed by atoms with Crippen LogP contribution >= 0.6 is 0 Å². The van der Waals surface area contributed by atoms with Crippen LogP contribution in [0.2, 0.25) is 0 Å². The molecule has 3 heteroatoms. The summed E-state index contributed by atoms with van der Waals surface area (Å²) in [5.41, 5.74) is 1.76. The predicted molar refractivity (Wildman–Crippen MR) is 54.2 cm³/mol. The van der Waals surface area contributed by atoms with Crippen LogP contribution in [0.5, 0.6) is 5.75 Å². The number of rotatable bonds is 2. The van der Waals surface area contributed by atoms with Crippen LogP contribution in [-0.2, 0) is 0 Å². The van der Waals surface area contributed by atoms with Gasteiger partial charge in [-0.15, -0.1) is 0 Å². The van der Waals surface area contributed by atoms with E-state index in [2.05, 4.69) is 4.98 Å². The summed E-state index contributed by atoms with van der Waals surface area (Å²) in [7, 11) is 0. The number of H-pyrrole nitrogens is 1. The van der Waals surface area contributed by atoms with Gasteiger partial charge < -0.3 is 9.72 Å². The molecule has 0 bridgehead atoms. The molecule has 1 N–H and O–H groups in total. The average Bonchev–Trinajstić information content (AvgIpc) is 2.52. The van der Waals surface area contributed by atoms with Gasteiger partial charge in [0, 0.05) is 16.6 Å². The smallest absolute Gasteiger partial charge is 0.174 e. The summed E-state index contributed by atoms with van der Waals surface area (Å²) in [6, 6.07) is 5.26. The van der Waals surface area contributed by atoms with E-state index in [1.807, 2.05) is 19.9 Å². The zero-order chi connectivity index (χ0) is 10.1. The highest BCUT2D eigenvalue weighted by Crippen LogP contribution is 2.26. The standard InChI is InChI=1S/C11H12FNO/c1-3-14-10-5-4-9-8(11(10)12)6-7(2)13-9/h4-6,13H,3H2,1-2H3. The molecule has 0 fully saturated rings. The monoisotopic (exact) mass is 193 g/mol. The lowest BCUT2D eigenvalue weighted by Gasteiger charge is -2.04. The van der Waals surface area contributed by atoms with Crippen molar-refractivity contribution in [3.05, 3.63) is 29.7 Å². The average molecular weight is 193 g/mol. The van der Waals surface area contributed by atoms with Gasteiger partial charge >= 0.3 is 0 Å². The van der Waals surface area contributed by atoms with Gasteiger partial charge in [-0.3, -0.25) is 0 Å². The number of fused-ring (bicyclic) bond motifs is 1. The van der Waals surface area contributed by atoms with E-state index >= 15 is 0 Å². The van der Waals surface area contributed by atoms with Gasteiger partial charge in [-0.2, -0.15) is 0 Å². The quantitative estimate of drug-likeness (QED) is 0.779. The maximum Gasteiger partial charge on any atom is 0.174 e. The lowest BCUT2D eigenvalue weighted by atomic mass is 10.2. The molecular weight excluding hydrogens is 181 g/mol. The molecule has 0 atom stereocenters. The largest absolute Gasteiger partial charge is 0.491 e. The first-order chi connectivity index (χ1) is 6.72. The summed E-state index contributed by atoms with van der Waals surface area (Å²) in [6.07, 6.45) is 0. The lowest BCUT2D eigenvalue weighted by molar-refractivity contribution is 0.323. The zero-order valence-electron chi connectivity index (χ0n) is 8.23. The summed E-state index contributed by atoms with van der Waals surface area (Å²) in [4.78, 5) is 3.07. The van der Waals surface area contributed by atoms with Crippen LogP contribution in [0.25, 0.3) is 10.9 Å². The van der Waals surface area contributed by atoms with E-state index in [0.717, 1.165) is 11.2 Å². The van der Waals surface area contributed by atoms with Gasteiger partial charge in [-0.1, -0.05) is 0 Å². The summed E-state index contributed by atoms with van der Waals surface area (Å²) < 4.78 is 18.9. The molecule has 0 saturated heterocycles. The summed E-state index contributed by atoms with van der Waals surface area (Å²) >= 11 is 0. The Bertz CT molecular complexity index is 462. The first kappa shape index (κ1) is 9.06. The summed E-state index contributed by atoms with van der Waals surface area (Å²) in [5, 5.41) is 0.591. The van der Waals surface area contributed by atoms with Crippen molar-refractivity contribution in [2.45, 2.75) is 13.8 Å². The van der Waals surface area contributed by atoms with E-state index in [4.69, 9.17) is 4.74 Å². The Kier molecular flexibility index (Phi) is 2.15. The fourth-order valence-electron chi connectivity index (χ4n) is 1.56. The molecule has 1 aromatic carbocycles. The molecule has 0 radical (unpaired) electrons. The van der Waals surface area contributed by atoms with Crippen molar-refractivity contribution in [1.82, 2.24) is 4.98 Å². The second-order valence-electron chi connectivity index (χ2n) is 3.22. The molecule has 2 nitrogen and oxygen atoms in total. The van der Waals surface area contributed by atoms with Crippen molar-refractivity contribution in [3.8, 4) is 5.75 Å². The zero-order valence-corrected chi connectivity index (χ0v) is 8.23. The predicted octanol–water partition coefficient (Wildman–Crippen LogP) is 3.01. The summed E-state index contributed by atoms with van der Waals surface area (Å²) in [6.45, 7) is 4.22.